The normalized spacial score (nSPS) is 11.8. The maximum absolute atomic E-state index is 13.1. The Kier molecular flexibility index (Phi) is 10.2. The van der Waals surface area contributed by atoms with E-state index >= 15 is 0 Å². The van der Waals surface area contributed by atoms with Crippen molar-refractivity contribution in [3.63, 3.8) is 0 Å². The maximum Gasteiger partial charge on any atom is 0.242 e. The van der Waals surface area contributed by atoms with Crippen molar-refractivity contribution in [3.05, 3.63) is 68.7 Å². The molecule has 2 rings (SSSR count). The first-order valence-electron chi connectivity index (χ1n) is 10.4. The summed E-state index contributed by atoms with van der Waals surface area (Å²) in [6.45, 7) is 8.77. The highest BCUT2D eigenvalue weighted by molar-refractivity contribution is 7.99. The fraction of sp³-hybridized carbons (Fsp3) is 0.417. The second kappa shape index (κ2) is 12.4. The van der Waals surface area contributed by atoms with Gasteiger partial charge in [0.2, 0.25) is 11.8 Å². The standard InChI is InChI=1S/C24H30Cl2N2O2S/c1-5-8-27-24(30)18(4)28(13-19-6-7-21(25)22(26)12-19)23(29)15-31-14-20-10-16(2)9-17(3)11-20/h6-7,9-12,18H,5,8,13-15H2,1-4H3,(H,27,30). The predicted molar refractivity (Wildman–Crippen MR) is 132 cm³/mol. The number of thioether (sulfide) groups is 1. The molecule has 7 heteroatoms. The largest absolute Gasteiger partial charge is 0.354 e. The Hall–Kier alpha value is -1.69. The smallest absolute Gasteiger partial charge is 0.242 e. The molecule has 0 bridgehead atoms. The summed E-state index contributed by atoms with van der Waals surface area (Å²) in [5, 5.41) is 3.77. The SMILES string of the molecule is CCCNC(=O)C(C)N(Cc1ccc(Cl)c(Cl)c1)C(=O)CSCc1cc(C)cc(C)c1. The fourth-order valence-electron chi connectivity index (χ4n) is 3.30. The Labute approximate surface area is 199 Å². The number of hydrogen-bond acceptors (Lipinski definition) is 3. The zero-order chi connectivity index (χ0) is 23.0. The topological polar surface area (TPSA) is 49.4 Å². The molecule has 0 fully saturated rings. The van der Waals surface area contributed by atoms with Crippen molar-refractivity contribution in [2.24, 2.45) is 0 Å². The van der Waals surface area contributed by atoms with Gasteiger partial charge in [-0.05, 0) is 50.5 Å². The van der Waals surface area contributed by atoms with Gasteiger partial charge >= 0.3 is 0 Å². The number of nitrogens with zero attached hydrogens (tertiary/aromatic N) is 1. The molecule has 0 aliphatic heterocycles. The van der Waals surface area contributed by atoms with Crippen LogP contribution in [0.3, 0.4) is 0 Å². The highest BCUT2D eigenvalue weighted by Crippen LogP contribution is 2.24. The summed E-state index contributed by atoms with van der Waals surface area (Å²) in [5.41, 5.74) is 4.45. The lowest BCUT2D eigenvalue weighted by atomic mass is 10.1. The van der Waals surface area contributed by atoms with Crippen LogP contribution in [0.25, 0.3) is 0 Å². The van der Waals surface area contributed by atoms with Gasteiger partial charge in [0.25, 0.3) is 0 Å². The predicted octanol–water partition coefficient (Wildman–Crippen LogP) is 5.79. The first-order chi connectivity index (χ1) is 14.7. The highest BCUT2D eigenvalue weighted by atomic mass is 35.5. The molecule has 4 nitrogen and oxygen atoms in total. The van der Waals surface area contributed by atoms with Gasteiger partial charge in [0.05, 0.1) is 15.8 Å². The summed E-state index contributed by atoms with van der Waals surface area (Å²) < 4.78 is 0. The average molecular weight is 481 g/mol. The van der Waals surface area contributed by atoms with Gasteiger partial charge < -0.3 is 10.2 Å². The number of nitrogens with one attached hydrogen (secondary N) is 1. The summed E-state index contributed by atoms with van der Waals surface area (Å²) in [5.74, 6) is 0.791. The van der Waals surface area contributed by atoms with Crippen molar-refractivity contribution in [1.82, 2.24) is 10.2 Å². The number of carbonyl (C=O) groups is 2. The van der Waals surface area contributed by atoms with Crippen molar-refractivity contribution >= 4 is 46.8 Å². The van der Waals surface area contributed by atoms with Crippen molar-refractivity contribution in [2.45, 2.75) is 52.5 Å². The quantitative estimate of drug-likeness (QED) is 0.468. The number of carbonyl (C=O) groups excluding carboxylic acids is 2. The average Bonchev–Trinajstić information content (AvgIpc) is 2.71. The third-order valence-corrected chi connectivity index (χ3v) is 6.56. The Morgan fingerprint density at radius 1 is 1.03 bits per heavy atom. The van der Waals surface area contributed by atoms with Crippen molar-refractivity contribution < 1.29 is 9.59 Å². The van der Waals surface area contributed by atoms with E-state index in [4.69, 9.17) is 23.2 Å². The monoisotopic (exact) mass is 480 g/mol. The summed E-state index contributed by atoms with van der Waals surface area (Å²) in [4.78, 5) is 27.3. The molecule has 1 N–H and O–H groups in total. The Morgan fingerprint density at radius 2 is 1.71 bits per heavy atom. The van der Waals surface area contributed by atoms with E-state index in [9.17, 15) is 9.59 Å². The lowest BCUT2D eigenvalue weighted by Crippen LogP contribution is -2.48. The van der Waals surface area contributed by atoms with E-state index in [0.29, 0.717) is 28.9 Å². The van der Waals surface area contributed by atoms with Crippen LogP contribution >= 0.6 is 35.0 Å². The minimum atomic E-state index is -0.588. The van der Waals surface area contributed by atoms with E-state index in [1.165, 1.54) is 16.7 Å². The van der Waals surface area contributed by atoms with E-state index in [1.807, 2.05) is 13.0 Å². The molecule has 0 heterocycles. The van der Waals surface area contributed by atoms with Gasteiger partial charge in [-0.3, -0.25) is 9.59 Å². The third-order valence-electron chi connectivity index (χ3n) is 4.83. The van der Waals surface area contributed by atoms with Crippen LogP contribution in [0.2, 0.25) is 10.0 Å². The van der Waals surface area contributed by atoms with E-state index in [0.717, 1.165) is 17.7 Å². The van der Waals surface area contributed by atoms with Crippen LogP contribution in [-0.2, 0) is 21.9 Å². The van der Waals surface area contributed by atoms with Crippen LogP contribution in [0, 0.1) is 13.8 Å². The van der Waals surface area contributed by atoms with E-state index in [1.54, 1.807) is 35.7 Å². The second-order valence-electron chi connectivity index (χ2n) is 7.73. The lowest BCUT2D eigenvalue weighted by Gasteiger charge is -2.29. The van der Waals surface area contributed by atoms with Gasteiger partial charge in [0.15, 0.2) is 0 Å². The van der Waals surface area contributed by atoms with Gasteiger partial charge in [-0.2, -0.15) is 0 Å². The number of benzene rings is 2. The maximum atomic E-state index is 13.1. The number of halogens is 2. The van der Waals surface area contributed by atoms with E-state index < -0.39 is 6.04 Å². The molecule has 1 unspecified atom stereocenters. The Balaban J connectivity index is 2.10. The van der Waals surface area contributed by atoms with Crippen LogP contribution in [0.15, 0.2) is 36.4 Å². The van der Waals surface area contributed by atoms with Gasteiger partial charge in [-0.15, -0.1) is 11.8 Å². The summed E-state index contributed by atoms with van der Waals surface area (Å²) in [7, 11) is 0. The molecule has 168 valence electrons. The Morgan fingerprint density at radius 3 is 2.32 bits per heavy atom. The number of hydrogen-bond donors (Lipinski definition) is 1. The van der Waals surface area contributed by atoms with Gasteiger partial charge in [-0.25, -0.2) is 0 Å². The number of amides is 2. The number of rotatable bonds is 10. The third kappa shape index (κ3) is 8.06. The molecule has 2 amide bonds. The van der Waals surface area contributed by atoms with Crippen molar-refractivity contribution in [3.8, 4) is 0 Å². The first-order valence-corrected chi connectivity index (χ1v) is 12.3. The van der Waals surface area contributed by atoms with Crippen molar-refractivity contribution in [1.29, 1.82) is 0 Å². The molecular formula is C24H30Cl2N2O2S. The van der Waals surface area contributed by atoms with E-state index in [-0.39, 0.29) is 11.8 Å². The molecular weight excluding hydrogens is 451 g/mol. The molecule has 1 atom stereocenters. The fourth-order valence-corrected chi connectivity index (χ4v) is 4.47. The van der Waals surface area contributed by atoms with Crippen molar-refractivity contribution in [2.75, 3.05) is 12.3 Å². The lowest BCUT2D eigenvalue weighted by molar-refractivity contribution is -0.138. The molecule has 0 saturated heterocycles. The molecule has 0 aromatic heterocycles. The van der Waals surface area contributed by atoms with Crippen LogP contribution in [0.4, 0.5) is 0 Å². The molecule has 31 heavy (non-hydrogen) atoms. The molecule has 0 spiro atoms. The molecule has 0 saturated carbocycles. The van der Waals surface area contributed by atoms with Gasteiger partial charge in [0.1, 0.15) is 6.04 Å². The Bertz CT molecular complexity index is 900. The van der Waals surface area contributed by atoms with Crippen LogP contribution < -0.4 is 5.32 Å². The minimum absolute atomic E-state index is 0.0837. The zero-order valence-corrected chi connectivity index (χ0v) is 20.8. The molecule has 2 aromatic rings. The van der Waals surface area contributed by atoms with Gasteiger partial charge in [0, 0.05) is 18.8 Å². The molecule has 0 aliphatic carbocycles. The summed E-state index contributed by atoms with van der Waals surface area (Å²) >= 11 is 13.7. The van der Waals surface area contributed by atoms with Crippen LogP contribution in [-0.4, -0.2) is 35.1 Å². The highest BCUT2D eigenvalue weighted by Gasteiger charge is 2.26. The van der Waals surface area contributed by atoms with Crippen LogP contribution in [0.1, 0.15) is 42.5 Å². The molecule has 2 aromatic carbocycles. The molecule has 0 aliphatic rings. The molecule has 0 radical (unpaired) electrons. The van der Waals surface area contributed by atoms with Crippen LogP contribution in [0.5, 0.6) is 0 Å². The first kappa shape index (κ1) is 25.6. The summed E-state index contributed by atoms with van der Waals surface area (Å²) in [6, 6.07) is 11.1. The van der Waals surface area contributed by atoms with Gasteiger partial charge in [-0.1, -0.05) is 65.5 Å². The zero-order valence-electron chi connectivity index (χ0n) is 18.5. The van der Waals surface area contributed by atoms with E-state index in [2.05, 4.69) is 37.4 Å². The minimum Gasteiger partial charge on any atom is -0.354 e. The number of aryl methyl sites for hydroxylation is 2. The second-order valence-corrected chi connectivity index (χ2v) is 9.53. The summed E-state index contributed by atoms with van der Waals surface area (Å²) in [6.07, 6.45) is 0.838.